The van der Waals surface area contributed by atoms with E-state index in [0.717, 1.165) is 10.7 Å². The average molecular weight is 352 g/mol. The first-order valence-corrected chi connectivity index (χ1v) is 8.87. The van der Waals surface area contributed by atoms with Crippen molar-refractivity contribution in [2.45, 2.75) is 48.7 Å². The van der Waals surface area contributed by atoms with Crippen molar-refractivity contribution in [2.24, 2.45) is 4.99 Å². The molecular formula is C17H24N2O4S. The molecule has 1 aromatic carbocycles. The van der Waals surface area contributed by atoms with Crippen molar-refractivity contribution in [2.75, 3.05) is 14.1 Å². The van der Waals surface area contributed by atoms with Crippen LogP contribution in [-0.4, -0.2) is 74.9 Å². The van der Waals surface area contributed by atoms with E-state index in [1.807, 2.05) is 49.3 Å². The predicted molar refractivity (Wildman–Crippen MR) is 93.9 cm³/mol. The van der Waals surface area contributed by atoms with Gasteiger partial charge in [-0.1, -0.05) is 42.1 Å². The molecule has 6 atom stereocenters. The number of aliphatic imine (C=N–C) groups is 1. The number of aliphatic hydroxyl groups excluding tert-OH is 2. The molecule has 1 fully saturated rings. The van der Waals surface area contributed by atoms with Crippen LogP contribution in [0.1, 0.15) is 12.5 Å². The molecule has 24 heavy (non-hydrogen) atoms. The number of thioether (sulfide) groups is 1. The summed E-state index contributed by atoms with van der Waals surface area (Å²) in [6.45, 7) is 1.63. The van der Waals surface area contributed by atoms with Crippen LogP contribution in [0.15, 0.2) is 35.3 Å². The molecule has 2 aliphatic heterocycles. The minimum atomic E-state index is -1.31. The van der Waals surface area contributed by atoms with E-state index in [1.165, 1.54) is 11.8 Å². The van der Waals surface area contributed by atoms with Crippen LogP contribution in [0.4, 0.5) is 0 Å². The summed E-state index contributed by atoms with van der Waals surface area (Å²) in [7, 11) is 3.74. The molecule has 2 aliphatic rings. The van der Waals surface area contributed by atoms with Gasteiger partial charge in [0.15, 0.2) is 5.17 Å². The number of fused-ring (bicyclic) bond motifs is 1. The van der Waals surface area contributed by atoms with Gasteiger partial charge in [-0.15, -0.1) is 0 Å². The lowest BCUT2D eigenvalue weighted by atomic mass is 9.83. The van der Waals surface area contributed by atoms with Crippen LogP contribution in [0.3, 0.4) is 0 Å². The number of aliphatic hydroxyl groups is 3. The highest BCUT2D eigenvalue weighted by Gasteiger charge is 2.53. The number of amidine groups is 1. The smallest absolute Gasteiger partial charge is 0.161 e. The van der Waals surface area contributed by atoms with Gasteiger partial charge in [-0.25, -0.2) is 0 Å². The Hall–Kier alpha value is -1.12. The fourth-order valence-electron chi connectivity index (χ4n) is 3.19. The van der Waals surface area contributed by atoms with E-state index in [2.05, 4.69) is 4.99 Å². The fraction of sp³-hybridized carbons (Fsp3) is 0.588. The first-order chi connectivity index (χ1) is 11.3. The van der Waals surface area contributed by atoms with Crippen molar-refractivity contribution in [3.8, 4) is 0 Å². The van der Waals surface area contributed by atoms with Crippen molar-refractivity contribution in [3.63, 3.8) is 0 Å². The molecule has 0 aromatic heterocycles. The van der Waals surface area contributed by atoms with Crippen LogP contribution in [0, 0.1) is 0 Å². The number of rotatable bonds is 3. The summed E-state index contributed by atoms with van der Waals surface area (Å²) in [6.07, 6.45) is -2.83. The predicted octanol–water partition coefficient (Wildman–Crippen LogP) is 0.460. The molecule has 0 bridgehead atoms. The molecule has 1 aromatic rings. The van der Waals surface area contributed by atoms with E-state index >= 15 is 0 Å². The lowest BCUT2D eigenvalue weighted by molar-refractivity contribution is -0.212. The minimum absolute atomic E-state index is 0.325. The number of ether oxygens (including phenoxy) is 1. The molecule has 0 aliphatic carbocycles. The molecule has 0 radical (unpaired) electrons. The first-order valence-electron chi connectivity index (χ1n) is 7.99. The van der Waals surface area contributed by atoms with Crippen LogP contribution in [0.25, 0.3) is 0 Å². The van der Waals surface area contributed by atoms with E-state index in [-0.39, 0.29) is 0 Å². The van der Waals surface area contributed by atoms with Gasteiger partial charge in [-0.05, 0) is 12.5 Å². The molecule has 2 heterocycles. The summed E-state index contributed by atoms with van der Waals surface area (Å²) in [5, 5.41) is 32.6. The van der Waals surface area contributed by atoms with Crippen LogP contribution >= 0.6 is 11.8 Å². The zero-order valence-electron chi connectivity index (χ0n) is 14.0. The summed E-state index contributed by atoms with van der Waals surface area (Å²) in [4.78, 5) is 6.28. The Kier molecular flexibility index (Phi) is 4.90. The molecular weight excluding hydrogens is 328 g/mol. The van der Waals surface area contributed by atoms with E-state index in [1.54, 1.807) is 6.92 Å². The van der Waals surface area contributed by atoms with Crippen molar-refractivity contribution in [1.82, 2.24) is 4.90 Å². The summed E-state index contributed by atoms with van der Waals surface area (Å²) in [6, 6.07) is 9.03. The zero-order chi connectivity index (χ0) is 17.5. The van der Waals surface area contributed by atoms with Crippen LogP contribution in [0.5, 0.6) is 0 Å². The van der Waals surface area contributed by atoms with Gasteiger partial charge in [0, 0.05) is 20.5 Å². The highest BCUT2D eigenvalue weighted by atomic mass is 32.2. The summed E-state index contributed by atoms with van der Waals surface area (Å²) in [5.74, 6) is 0. The van der Waals surface area contributed by atoms with E-state index in [9.17, 15) is 15.3 Å². The van der Waals surface area contributed by atoms with Gasteiger partial charge in [0.1, 0.15) is 29.8 Å². The summed E-state index contributed by atoms with van der Waals surface area (Å²) in [5.41, 5.74) is -0.777. The Balaban J connectivity index is 1.78. The van der Waals surface area contributed by atoms with Gasteiger partial charge in [0.25, 0.3) is 0 Å². The fourth-order valence-corrected chi connectivity index (χ4v) is 4.33. The number of hydrogen-bond donors (Lipinski definition) is 3. The first kappa shape index (κ1) is 17.7. The normalized spacial score (nSPS) is 35.1. The Morgan fingerprint density at radius 1 is 1.21 bits per heavy atom. The third-order valence-electron chi connectivity index (χ3n) is 4.45. The lowest BCUT2D eigenvalue weighted by Crippen LogP contribution is -2.62. The topological polar surface area (TPSA) is 85.5 Å². The van der Waals surface area contributed by atoms with Crippen LogP contribution < -0.4 is 0 Å². The number of benzene rings is 1. The standard InChI is InChI=1S/C17H24N2O4S/c1-17(22,9-10-7-5-4-6-8-10)14-13(21)12(20)11-15(23-14)24-16(18-11)19(2)3/h4-8,11-15,20-22H,9H2,1-3H3/t11-,12-,13+,14+,15-,17?/m1/s1. The Morgan fingerprint density at radius 2 is 1.88 bits per heavy atom. The maximum absolute atomic E-state index is 10.9. The van der Waals surface area contributed by atoms with Crippen LogP contribution in [-0.2, 0) is 11.2 Å². The number of nitrogens with zero attached hydrogens (tertiary/aromatic N) is 2. The Morgan fingerprint density at radius 3 is 2.50 bits per heavy atom. The van der Waals surface area contributed by atoms with Gasteiger partial charge < -0.3 is 25.0 Å². The van der Waals surface area contributed by atoms with E-state index < -0.39 is 35.4 Å². The van der Waals surface area contributed by atoms with Gasteiger partial charge in [0.2, 0.25) is 0 Å². The molecule has 0 spiro atoms. The van der Waals surface area contributed by atoms with E-state index in [4.69, 9.17) is 4.74 Å². The zero-order valence-corrected chi connectivity index (χ0v) is 14.8. The van der Waals surface area contributed by atoms with Crippen molar-refractivity contribution >= 4 is 16.9 Å². The summed E-state index contributed by atoms with van der Waals surface area (Å²) < 4.78 is 5.97. The van der Waals surface area contributed by atoms with Gasteiger partial charge in [-0.3, -0.25) is 4.99 Å². The maximum Gasteiger partial charge on any atom is 0.161 e. The summed E-state index contributed by atoms with van der Waals surface area (Å²) >= 11 is 1.41. The molecule has 0 amide bonds. The Labute approximate surface area is 146 Å². The van der Waals surface area contributed by atoms with Crippen molar-refractivity contribution in [1.29, 1.82) is 0 Å². The maximum atomic E-state index is 10.9. The SMILES string of the molecule is CN(C)C1=N[C@@H]2[C@@H](O)[C@H](O)[C@@H](C(C)(O)Cc3ccccc3)O[C@@H]2S1. The molecule has 7 heteroatoms. The quantitative estimate of drug-likeness (QED) is 0.733. The minimum Gasteiger partial charge on any atom is -0.388 e. The third kappa shape index (κ3) is 3.32. The highest BCUT2D eigenvalue weighted by Crippen LogP contribution is 2.40. The average Bonchev–Trinajstić information content (AvgIpc) is 2.96. The van der Waals surface area contributed by atoms with Crippen molar-refractivity contribution in [3.05, 3.63) is 35.9 Å². The molecule has 1 saturated heterocycles. The second-order valence-corrected chi connectivity index (χ2v) is 7.91. The van der Waals surface area contributed by atoms with Gasteiger partial charge >= 0.3 is 0 Å². The molecule has 1 unspecified atom stereocenters. The molecule has 3 rings (SSSR count). The second kappa shape index (κ2) is 6.65. The van der Waals surface area contributed by atoms with Gasteiger partial charge in [-0.2, -0.15) is 0 Å². The molecule has 3 N–H and O–H groups in total. The lowest BCUT2D eigenvalue weighted by Gasteiger charge is -2.44. The molecule has 132 valence electrons. The largest absolute Gasteiger partial charge is 0.388 e. The van der Waals surface area contributed by atoms with Crippen molar-refractivity contribution < 1.29 is 20.1 Å². The molecule has 6 nitrogen and oxygen atoms in total. The van der Waals surface area contributed by atoms with Gasteiger partial charge in [0.05, 0.1) is 5.60 Å². The second-order valence-electron chi connectivity index (χ2n) is 6.84. The molecule has 0 saturated carbocycles. The van der Waals surface area contributed by atoms with E-state index in [0.29, 0.717) is 6.42 Å². The Bertz CT molecular complexity index is 608. The van der Waals surface area contributed by atoms with Crippen LogP contribution in [0.2, 0.25) is 0 Å². The third-order valence-corrected chi connectivity index (χ3v) is 5.75. The monoisotopic (exact) mass is 352 g/mol. The number of hydrogen-bond acceptors (Lipinski definition) is 7. The highest BCUT2D eigenvalue weighted by molar-refractivity contribution is 8.14.